The molecule has 1 aromatic carbocycles. The number of aromatic nitrogens is 1. The van der Waals surface area contributed by atoms with Crippen LogP contribution in [0.5, 0.6) is 5.75 Å². The summed E-state index contributed by atoms with van der Waals surface area (Å²) in [4.78, 5) is 21.0. The van der Waals surface area contributed by atoms with Gasteiger partial charge in [0, 0.05) is 45.1 Å². The molecule has 1 aliphatic rings. The van der Waals surface area contributed by atoms with E-state index >= 15 is 0 Å². The van der Waals surface area contributed by atoms with Crippen molar-refractivity contribution in [1.29, 1.82) is 0 Å². The summed E-state index contributed by atoms with van der Waals surface area (Å²) in [5.74, 6) is 1.06. The number of nitrogens with zero attached hydrogens (tertiary/aromatic N) is 3. The van der Waals surface area contributed by atoms with Gasteiger partial charge in [0.05, 0.1) is 13.5 Å². The fourth-order valence-corrected chi connectivity index (χ4v) is 3.24. The van der Waals surface area contributed by atoms with E-state index in [1.54, 1.807) is 19.5 Å². The Morgan fingerprint density at radius 2 is 2.00 bits per heavy atom. The molecule has 1 fully saturated rings. The first-order valence-corrected chi connectivity index (χ1v) is 9.44. The van der Waals surface area contributed by atoms with Crippen LogP contribution >= 0.6 is 0 Å². The highest BCUT2D eigenvalue weighted by atomic mass is 16.5. The zero-order valence-electron chi connectivity index (χ0n) is 15.9. The number of benzene rings is 1. The first-order valence-electron chi connectivity index (χ1n) is 9.44. The van der Waals surface area contributed by atoms with Crippen LogP contribution in [-0.2, 0) is 11.2 Å². The van der Waals surface area contributed by atoms with Gasteiger partial charge in [-0.05, 0) is 35.7 Å². The van der Waals surface area contributed by atoms with E-state index in [-0.39, 0.29) is 5.91 Å². The molecule has 5 heteroatoms. The summed E-state index contributed by atoms with van der Waals surface area (Å²) in [6.45, 7) is 4.44. The lowest BCUT2D eigenvalue weighted by Crippen LogP contribution is -2.36. The topological polar surface area (TPSA) is 45.7 Å². The Kier molecular flexibility index (Phi) is 6.99. The van der Waals surface area contributed by atoms with Gasteiger partial charge in [-0.1, -0.05) is 30.4 Å². The standard InChI is InChI=1S/C22H27N3O2/c1-27-21-9-7-19(8-10-21)6-3-12-24-13-4-14-25(16-15-24)22(26)17-20-5-2-11-23-18-20/h2-3,5-11,18H,4,12-17H2,1H3/b6-3+. The Morgan fingerprint density at radius 1 is 1.15 bits per heavy atom. The minimum Gasteiger partial charge on any atom is -0.497 e. The minimum absolute atomic E-state index is 0.193. The van der Waals surface area contributed by atoms with Crippen LogP contribution in [0.4, 0.5) is 0 Å². The molecule has 2 heterocycles. The van der Waals surface area contributed by atoms with Crippen molar-refractivity contribution in [2.75, 3.05) is 39.8 Å². The van der Waals surface area contributed by atoms with Crippen molar-refractivity contribution in [1.82, 2.24) is 14.8 Å². The number of pyridine rings is 1. The van der Waals surface area contributed by atoms with Gasteiger partial charge in [-0.25, -0.2) is 0 Å². The third-order valence-corrected chi connectivity index (χ3v) is 4.81. The van der Waals surface area contributed by atoms with Crippen LogP contribution in [-0.4, -0.2) is 60.5 Å². The fourth-order valence-electron chi connectivity index (χ4n) is 3.24. The number of amides is 1. The average Bonchev–Trinajstić information content (AvgIpc) is 2.95. The molecule has 0 atom stereocenters. The Hall–Kier alpha value is -2.66. The third kappa shape index (κ3) is 5.93. The van der Waals surface area contributed by atoms with Gasteiger partial charge in [-0.2, -0.15) is 0 Å². The Balaban J connectivity index is 1.46. The second-order valence-corrected chi connectivity index (χ2v) is 6.75. The lowest BCUT2D eigenvalue weighted by atomic mass is 10.2. The van der Waals surface area contributed by atoms with Gasteiger partial charge in [0.25, 0.3) is 0 Å². The molecule has 2 aromatic rings. The predicted octanol–water partition coefficient (Wildman–Crippen LogP) is 2.88. The molecule has 27 heavy (non-hydrogen) atoms. The quantitative estimate of drug-likeness (QED) is 0.790. The number of carbonyl (C=O) groups excluding carboxylic acids is 1. The van der Waals surface area contributed by atoms with Crippen molar-refractivity contribution in [3.05, 3.63) is 66.0 Å². The minimum atomic E-state index is 0.193. The van der Waals surface area contributed by atoms with Gasteiger partial charge in [-0.3, -0.25) is 14.7 Å². The zero-order valence-corrected chi connectivity index (χ0v) is 15.9. The van der Waals surface area contributed by atoms with E-state index in [0.717, 1.165) is 50.5 Å². The number of hydrogen-bond acceptors (Lipinski definition) is 4. The molecule has 0 N–H and O–H groups in total. The van der Waals surface area contributed by atoms with Crippen LogP contribution in [0.1, 0.15) is 17.5 Å². The molecule has 0 unspecified atom stereocenters. The van der Waals surface area contributed by atoms with Crippen molar-refractivity contribution in [3.63, 3.8) is 0 Å². The molecule has 142 valence electrons. The van der Waals surface area contributed by atoms with Crippen molar-refractivity contribution < 1.29 is 9.53 Å². The lowest BCUT2D eigenvalue weighted by Gasteiger charge is -2.21. The monoisotopic (exact) mass is 365 g/mol. The third-order valence-electron chi connectivity index (χ3n) is 4.81. The Labute approximate surface area is 161 Å². The van der Waals surface area contributed by atoms with E-state index in [0.29, 0.717) is 6.42 Å². The molecule has 3 rings (SSSR count). The van der Waals surface area contributed by atoms with Crippen LogP contribution in [0.2, 0.25) is 0 Å². The van der Waals surface area contributed by atoms with Gasteiger partial charge in [0.15, 0.2) is 0 Å². The van der Waals surface area contributed by atoms with E-state index in [9.17, 15) is 4.79 Å². The van der Waals surface area contributed by atoms with E-state index in [1.807, 2.05) is 29.2 Å². The van der Waals surface area contributed by atoms with Crippen molar-refractivity contribution >= 4 is 12.0 Å². The largest absolute Gasteiger partial charge is 0.497 e. The number of methoxy groups -OCH3 is 1. The van der Waals surface area contributed by atoms with Crippen LogP contribution in [0.25, 0.3) is 6.08 Å². The molecule has 1 saturated heterocycles. The first-order chi connectivity index (χ1) is 13.2. The van der Waals surface area contributed by atoms with Gasteiger partial charge in [0.2, 0.25) is 5.91 Å². The molecular weight excluding hydrogens is 338 g/mol. The maximum atomic E-state index is 12.5. The number of ether oxygens (including phenoxy) is 1. The zero-order chi connectivity index (χ0) is 18.9. The highest BCUT2D eigenvalue weighted by Gasteiger charge is 2.18. The summed E-state index contributed by atoms with van der Waals surface area (Å²) >= 11 is 0. The predicted molar refractivity (Wildman–Crippen MR) is 108 cm³/mol. The fraction of sp³-hybridized carbons (Fsp3) is 0.364. The van der Waals surface area contributed by atoms with Crippen LogP contribution < -0.4 is 4.74 Å². The highest BCUT2D eigenvalue weighted by Crippen LogP contribution is 2.12. The van der Waals surface area contributed by atoms with E-state index < -0.39 is 0 Å². The van der Waals surface area contributed by atoms with Gasteiger partial charge < -0.3 is 9.64 Å². The summed E-state index contributed by atoms with van der Waals surface area (Å²) in [7, 11) is 1.68. The maximum absolute atomic E-state index is 12.5. The second kappa shape index (κ2) is 9.88. The van der Waals surface area contributed by atoms with Crippen LogP contribution in [0.3, 0.4) is 0 Å². The summed E-state index contributed by atoms with van der Waals surface area (Å²) in [5.41, 5.74) is 2.14. The van der Waals surface area contributed by atoms with Gasteiger partial charge in [0.1, 0.15) is 5.75 Å². The summed E-state index contributed by atoms with van der Waals surface area (Å²) < 4.78 is 5.18. The smallest absolute Gasteiger partial charge is 0.227 e. The lowest BCUT2D eigenvalue weighted by molar-refractivity contribution is -0.130. The number of carbonyl (C=O) groups is 1. The normalized spacial score (nSPS) is 15.7. The van der Waals surface area contributed by atoms with Crippen molar-refractivity contribution in [2.45, 2.75) is 12.8 Å². The average molecular weight is 365 g/mol. The molecular formula is C22H27N3O2. The highest BCUT2D eigenvalue weighted by molar-refractivity contribution is 5.78. The Bertz CT molecular complexity index is 744. The van der Waals surface area contributed by atoms with Gasteiger partial charge >= 0.3 is 0 Å². The Morgan fingerprint density at radius 3 is 2.74 bits per heavy atom. The molecule has 1 aromatic heterocycles. The van der Waals surface area contributed by atoms with E-state index in [2.05, 4.69) is 34.2 Å². The first kappa shape index (κ1) is 19.1. The molecule has 1 amide bonds. The molecule has 0 aliphatic carbocycles. The molecule has 0 radical (unpaired) electrons. The molecule has 0 bridgehead atoms. The molecule has 0 saturated carbocycles. The van der Waals surface area contributed by atoms with Gasteiger partial charge in [-0.15, -0.1) is 0 Å². The van der Waals surface area contributed by atoms with Crippen molar-refractivity contribution in [2.24, 2.45) is 0 Å². The van der Waals surface area contributed by atoms with E-state index in [1.165, 1.54) is 5.56 Å². The SMILES string of the molecule is COc1ccc(/C=C/CN2CCCN(C(=O)Cc3cccnc3)CC2)cc1. The maximum Gasteiger partial charge on any atom is 0.227 e. The number of hydrogen-bond donors (Lipinski definition) is 0. The number of rotatable bonds is 6. The summed E-state index contributed by atoms with van der Waals surface area (Å²) in [6.07, 6.45) is 9.27. The van der Waals surface area contributed by atoms with Crippen LogP contribution in [0, 0.1) is 0 Å². The second-order valence-electron chi connectivity index (χ2n) is 6.75. The molecule has 0 spiro atoms. The summed E-state index contributed by atoms with van der Waals surface area (Å²) in [5, 5.41) is 0. The van der Waals surface area contributed by atoms with Crippen molar-refractivity contribution in [3.8, 4) is 5.75 Å². The van der Waals surface area contributed by atoms with E-state index in [4.69, 9.17) is 4.74 Å². The summed E-state index contributed by atoms with van der Waals surface area (Å²) in [6, 6.07) is 11.9. The molecule has 1 aliphatic heterocycles. The molecule has 5 nitrogen and oxygen atoms in total. The van der Waals surface area contributed by atoms with Crippen LogP contribution in [0.15, 0.2) is 54.9 Å².